The molecule has 43 heavy (non-hydrogen) atoms. The minimum atomic E-state index is -7.62. The Kier molecular flexibility index (Phi) is 7.53. The summed E-state index contributed by atoms with van der Waals surface area (Å²) in [7, 11) is -13.9. The smallest absolute Gasteiger partial charge is 0.244 e. The SMILES string of the molecule is O=S(=O)(CC(C(F)(F)F)(C(F)(F)F)C(F)(F)F)C(c1c(F)c(F)c(F)c(F)c1F)S(=O)(=O)C12CC3CC(CC(F)(C3)C1)C2. The van der Waals surface area contributed by atoms with Crippen LogP contribution in [0.15, 0.2) is 0 Å². The summed E-state index contributed by atoms with van der Waals surface area (Å²) in [4.78, 5) is 0. The Bertz CT molecular complexity index is 1460. The molecular weight excluding hydrogens is 677 g/mol. The van der Waals surface area contributed by atoms with Crippen molar-refractivity contribution in [3.05, 3.63) is 34.6 Å². The molecule has 4 saturated carbocycles. The molecule has 3 atom stereocenters. The standard InChI is InChI=1S/C22H17F15O4S2/c23-11-10(12(24)14(26)15(27)13(11)25)16(42(38,39)7-19(20(29,30)31,21(32,33)34)22(35,36)37)43(40,41)18-4-8-1-9(5-18)3-17(28,2-8)6-18/h8-9,16H,1-7H2. The lowest BCUT2D eigenvalue weighted by Gasteiger charge is -2.58. The summed E-state index contributed by atoms with van der Waals surface area (Å²) < 4.78 is 257. The molecule has 4 bridgehead atoms. The maximum Gasteiger partial charge on any atom is 0.413 e. The molecule has 0 amide bonds. The molecule has 3 unspecified atom stereocenters. The number of alkyl halides is 10. The summed E-state index contributed by atoms with van der Waals surface area (Å²) in [6, 6.07) is 0. The summed E-state index contributed by atoms with van der Waals surface area (Å²) in [5.41, 5.74) is -12.8. The Labute approximate surface area is 232 Å². The van der Waals surface area contributed by atoms with E-state index in [0.29, 0.717) is 0 Å². The van der Waals surface area contributed by atoms with Gasteiger partial charge in [0.25, 0.3) is 5.41 Å². The van der Waals surface area contributed by atoms with Gasteiger partial charge in [-0.25, -0.2) is 43.2 Å². The predicted molar refractivity (Wildman–Crippen MR) is 114 cm³/mol. The molecule has 4 fully saturated rings. The average Bonchev–Trinajstić information content (AvgIpc) is 2.78. The molecular formula is C22H17F15O4S2. The molecule has 0 N–H and O–H groups in total. The molecule has 0 aromatic heterocycles. The zero-order valence-electron chi connectivity index (χ0n) is 20.8. The van der Waals surface area contributed by atoms with Crippen molar-refractivity contribution in [2.75, 3.05) is 5.75 Å². The molecule has 4 aliphatic carbocycles. The monoisotopic (exact) mass is 694 g/mol. The molecule has 21 heteroatoms. The number of hydrogen-bond donors (Lipinski definition) is 0. The van der Waals surface area contributed by atoms with Crippen LogP contribution in [0.2, 0.25) is 0 Å². The maximum absolute atomic E-state index is 15.5. The summed E-state index contributed by atoms with van der Waals surface area (Å²) in [6.45, 7) is 0. The van der Waals surface area contributed by atoms with E-state index in [1.807, 2.05) is 0 Å². The van der Waals surface area contributed by atoms with Gasteiger partial charge in [0.2, 0.25) is 5.82 Å². The third-order valence-electron chi connectivity index (χ3n) is 8.50. The Balaban J connectivity index is 2.08. The van der Waals surface area contributed by atoms with E-state index in [9.17, 15) is 78.3 Å². The van der Waals surface area contributed by atoms with Gasteiger partial charge in [-0.3, -0.25) is 0 Å². The van der Waals surface area contributed by atoms with E-state index < -0.39 is 130 Å². The summed E-state index contributed by atoms with van der Waals surface area (Å²) >= 11 is 0. The number of rotatable bonds is 6. The minimum Gasteiger partial charge on any atom is -0.244 e. The van der Waals surface area contributed by atoms with Crippen molar-refractivity contribution < 1.29 is 82.7 Å². The third kappa shape index (κ3) is 4.79. The molecule has 4 aliphatic rings. The first-order valence-corrected chi connectivity index (χ1v) is 15.2. The predicted octanol–water partition coefficient (Wildman–Crippen LogP) is 6.94. The van der Waals surface area contributed by atoms with Crippen LogP contribution >= 0.6 is 0 Å². The fourth-order valence-corrected chi connectivity index (χ4v) is 13.6. The van der Waals surface area contributed by atoms with Gasteiger partial charge >= 0.3 is 18.5 Å². The van der Waals surface area contributed by atoms with Crippen molar-refractivity contribution in [2.45, 2.75) is 72.1 Å². The molecule has 4 nitrogen and oxygen atoms in total. The first-order chi connectivity index (χ1) is 19.1. The van der Waals surface area contributed by atoms with E-state index in [1.54, 1.807) is 0 Å². The van der Waals surface area contributed by atoms with Crippen LogP contribution in [0.1, 0.15) is 48.7 Å². The van der Waals surface area contributed by atoms with Crippen molar-refractivity contribution in [2.24, 2.45) is 17.3 Å². The Morgan fingerprint density at radius 3 is 1.37 bits per heavy atom. The molecule has 246 valence electrons. The van der Waals surface area contributed by atoms with Gasteiger partial charge in [0.05, 0.1) is 16.1 Å². The lowest BCUT2D eigenvalue weighted by Crippen LogP contribution is -2.64. The zero-order valence-corrected chi connectivity index (χ0v) is 22.4. The van der Waals surface area contributed by atoms with Gasteiger partial charge in [-0.15, -0.1) is 0 Å². The van der Waals surface area contributed by atoms with Crippen LogP contribution < -0.4 is 0 Å². The molecule has 0 aliphatic heterocycles. The van der Waals surface area contributed by atoms with Crippen molar-refractivity contribution in [1.29, 1.82) is 0 Å². The quantitative estimate of drug-likeness (QED) is 0.184. The van der Waals surface area contributed by atoms with Crippen LogP contribution in [0.5, 0.6) is 0 Å². The highest BCUT2D eigenvalue weighted by atomic mass is 32.3. The topological polar surface area (TPSA) is 68.3 Å². The zero-order chi connectivity index (χ0) is 33.1. The number of benzene rings is 1. The third-order valence-corrected chi connectivity index (χ3v) is 14.3. The number of halogens is 15. The average molecular weight is 694 g/mol. The summed E-state index contributed by atoms with van der Waals surface area (Å²) in [6.07, 6.45) is -26.4. The highest BCUT2D eigenvalue weighted by molar-refractivity contribution is 8.09. The van der Waals surface area contributed by atoms with E-state index in [1.165, 1.54) is 0 Å². The van der Waals surface area contributed by atoms with Crippen molar-refractivity contribution in [3.63, 3.8) is 0 Å². The van der Waals surface area contributed by atoms with E-state index >= 15 is 4.39 Å². The van der Waals surface area contributed by atoms with Gasteiger partial charge in [0.15, 0.2) is 47.5 Å². The molecule has 0 spiro atoms. The second-order valence-corrected chi connectivity index (χ2v) is 16.2. The summed E-state index contributed by atoms with van der Waals surface area (Å²) in [5.74, 6) is -22.2. The first kappa shape index (κ1) is 34.0. The van der Waals surface area contributed by atoms with Gasteiger partial charge in [-0.05, 0) is 43.9 Å². The molecule has 0 heterocycles. The van der Waals surface area contributed by atoms with Gasteiger partial charge in [-0.2, -0.15) is 39.5 Å². The van der Waals surface area contributed by atoms with Crippen LogP contribution in [0.25, 0.3) is 0 Å². The summed E-state index contributed by atoms with van der Waals surface area (Å²) in [5, 5.41) is 0. The first-order valence-electron chi connectivity index (χ1n) is 11.9. The highest BCUT2D eigenvalue weighted by Gasteiger charge is 2.85. The van der Waals surface area contributed by atoms with Crippen molar-refractivity contribution >= 4 is 19.7 Å². The van der Waals surface area contributed by atoms with Crippen molar-refractivity contribution in [1.82, 2.24) is 0 Å². The second-order valence-electron chi connectivity index (χ2n) is 11.4. The number of hydrogen-bond acceptors (Lipinski definition) is 4. The molecule has 0 radical (unpaired) electrons. The Morgan fingerprint density at radius 2 is 1.02 bits per heavy atom. The van der Waals surface area contributed by atoms with Crippen LogP contribution in [0.3, 0.4) is 0 Å². The van der Waals surface area contributed by atoms with E-state index in [-0.39, 0.29) is 19.3 Å². The normalized spacial score (nSPS) is 29.3. The van der Waals surface area contributed by atoms with Gasteiger partial charge in [0, 0.05) is 6.42 Å². The molecule has 0 saturated heterocycles. The minimum absolute atomic E-state index is 0.0855. The largest absolute Gasteiger partial charge is 0.413 e. The lowest BCUT2D eigenvalue weighted by molar-refractivity contribution is -0.418. The fraction of sp³-hybridized carbons (Fsp3) is 0.727. The van der Waals surface area contributed by atoms with Crippen molar-refractivity contribution in [3.8, 4) is 0 Å². The van der Waals surface area contributed by atoms with Gasteiger partial charge < -0.3 is 0 Å². The lowest BCUT2D eigenvalue weighted by atomic mass is 9.54. The fourth-order valence-electron chi connectivity index (χ4n) is 7.09. The highest BCUT2D eigenvalue weighted by Crippen LogP contribution is 2.65. The van der Waals surface area contributed by atoms with Gasteiger partial charge in [-0.1, -0.05) is 0 Å². The van der Waals surface area contributed by atoms with Gasteiger partial charge in [0.1, 0.15) is 5.67 Å². The maximum atomic E-state index is 15.5. The molecule has 5 rings (SSSR count). The van der Waals surface area contributed by atoms with Crippen LogP contribution in [-0.2, 0) is 19.7 Å². The van der Waals surface area contributed by atoms with Crippen LogP contribution in [0, 0.1) is 46.3 Å². The van der Waals surface area contributed by atoms with E-state index in [0.717, 1.165) is 0 Å². The second kappa shape index (κ2) is 9.54. The van der Waals surface area contributed by atoms with Crippen LogP contribution in [-0.4, -0.2) is 51.5 Å². The Hall–Kier alpha value is -1.93. The molecule has 1 aromatic carbocycles. The Morgan fingerprint density at radius 1 is 0.651 bits per heavy atom. The molecule has 1 aromatic rings. The van der Waals surface area contributed by atoms with E-state index in [4.69, 9.17) is 0 Å². The van der Waals surface area contributed by atoms with E-state index in [2.05, 4.69) is 0 Å². The van der Waals surface area contributed by atoms with Crippen LogP contribution in [0.4, 0.5) is 65.9 Å². The number of sulfone groups is 2.